The molecule has 0 spiro atoms. The Morgan fingerprint density at radius 1 is 1.44 bits per heavy atom. The van der Waals surface area contributed by atoms with Crippen molar-refractivity contribution in [3.05, 3.63) is 29.8 Å². The summed E-state index contributed by atoms with van der Waals surface area (Å²) in [6.07, 6.45) is 0. The van der Waals surface area contributed by atoms with Crippen molar-refractivity contribution in [1.82, 2.24) is 25.5 Å². The van der Waals surface area contributed by atoms with Crippen LogP contribution in [0.2, 0.25) is 0 Å². The second-order valence-electron chi connectivity index (χ2n) is 3.78. The van der Waals surface area contributed by atoms with E-state index < -0.39 is 5.82 Å². The largest absolute Gasteiger partial charge is 0.497 e. The monoisotopic (exact) mass is 251 g/mol. The van der Waals surface area contributed by atoms with E-state index in [0.29, 0.717) is 11.6 Å². The van der Waals surface area contributed by atoms with Crippen LogP contribution in [-0.2, 0) is 0 Å². The van der Waals surface area contributed by atoms with Gasteiger partial charge in [-0.25, -0.2) is 4.39 Å². The van der Waals surface area contributed by atoms with Gasteiger partial charge >= 0.3 is 0 Å². The second-order valence-corrected chi connectivity index (χ2v) is 3.78. The van der Waals surface area contributed by atoms with Crippen molar-refractivity contribution in [1.29, 1.82) is 0 Å². The maximum Gasteiger partial charge on any atom is 0.173 e. The normalized spacial score (nSPS) is 12.4. The Kier molecular flexibility index (Phi) is 3.52. The maximum atomic E-state index is 13.8. The van der Waals surface area contributed by atoms with Crippen LogP contribution in [0.3, 0.4) is 0 Å². The minimum Gasteiger partial charge on any atom is -0.497 e. The number of benzene rings is 1. The van der Waals surface area contributed by atoms with Crippen LogP contribution in [0.1, 0.15) is 18.8 Å². The Balaban J connectivity index is 2.51. The molecule has 1 aromatic carbocycles. The van der Waals surface area contributed by atoms with Crippen molar-refractivity contribution < 1.29 is 9.13 Å². The zero-order chi connectivity index (χ0) is 13.1. The summed E-state index contributed by atoms with van der Waals surface area (Å²) < 4.78 is 20.3. The zero-order valence-electron chi connectivity index (χ0n) is 10.4. The highest BCUT2D eigenvalue weighted by Gasteiger charge is 2.17. The molecule has 96 valence electrons. The Hall–Kier alpha value is -2.02. The third-order valence-electron chi connectivity index (χ3n) is 2.70. The number of aromatic nitrogens is 4. The van der Waals surface area contributed by atoms with Gasteiger partial charge in [0.15, 0.2) is 5.82 Å². The van der Waals surface area contributed by atoms with Crippen molar-refractivity contribution in [2.24, 2.45) is 0 Å². The highest BCUT2D eigenvalue weighted by atomic mass is 19.1. The first-order valence-corrected chi connectivity index (χ1v) is 5.46. The van der Waals surface area contributed by atoms with E-state index in [9.17, 15) is 4.39 Å². The molecule has 18 heavy (non-hydrogen) atoms. The van der Waals surface area contributed by atoms with Gasteiger partial charge in [-0.05, 0) is 36.5 Å². The minimum absolute atomic E-state index is 0.0920. The standard InChI is InChI=1S/C11H14FN5O/c1-7(13-2)11-14-15-16-17(11)10-6-8(18-3)4-5-9(10)12/h4-7,13H,1-3H3. The van der Waals surface area contributed by atoms with Gasteiger partial charge in [-0.2, -0.15) is 4.68 Å². The predicted molar refractivity (Wildman–Crippen MR) is 63.1 cm³/mol. The fraction of sp³-hybridized carbons (Fsp3) is 0.364. The summed E-state index contributed by atoms with van der Waals surface area (Å²) in [4.78, 5) is 0. The molecule has 0 aliphatic rings. The van der Waals surface area contributed by atoms with Crippen LogP contribution in [0.15, 0.2) is 18.2 Å². The molecule has 6 nitrogen and oxygen atoms in total. The molecule has 7 heteroatoms. The Labute approximate surface area is 104 Å². The fourth-order valence-electron chi connectivity index (χ4n) is 1.55. The van der Waals surface area contributed by atoms with E-state index >= 15 is 0 Å². The molecule has 2 rings (SSSR count). The van der Waals surface area contributed by atoms with Crippen molar-refractivity contribution >= 4 is 0 Å². The van der Waals surface area contributed by atoms with E-state index in [1.54, 1.807) is 19.2 Å². The van der Waals surface area contributed by atoms with Gasteiger partial charge in [-0.15, -0.1) is 5.10 Å². The maximum absolute atomic E-state index is 13.8. The summed E-state index contributed by atoms with van der Waals surface area (Å²) >= 11 is 0. The van der Waals surface area contributed by atoms with Gasteiger partial charge in [0, 0.05) is 6.07 Å². The first-order chi connectivity index (χ1) is 8.67. The van der Waals surface area contributed by atoms with E-state index in [1.807, 2.05) is 6.92 Å². The summed E-state index contributed by atoms with van der Waals surface area (Å²) in [6, 6.07) is 4.33. The lowest BCUT2D eigenvalue weighted by atomic mass is 10.2. The Morgan fingerprint density at radius 3 is 2.89 bits per heavy atom. The van der Waals surface area contributed by atoms with Crippen molar-refractivity contribution in [2.45, 2.75) is 13.0 Å². The highest BCUT2D eigenvalue weighted by molar-refractivity contribution is 5.40. The summed E-state index contributed by atoms with van der Waals surface area (Å²) in [7, 11) is 3.30. The van der Waals surface area contributed by atoms with Crippen LogP contribution in [0.5, 0.6) is 5.75 Å². The minimum atomic E-state index is -0.410. The number of ether oxygens (including phenoxy) is 1. The summed E-state index contributed by atoms with van der Waals surface area (Å²) in [6.45, 7) is 1.89. The van der Waals surface area contributed by atoms with Gasteiger partial charge in [-0.1, -0.05) is 0 Å². The summed E-state index contributed by atoms with van der Waals surface area (Å²) in [5.41, 5.74) is 0.261. The third-order valence-corrected chi connectivity index (χ3v) is 2.70. The number of nitrogens with one attached hydrogen (secondary N) is 1. The van der Waals surface area contributed by atoms with E-state index in [-0.39, 0.29) is 11.7 Å². The molecule has 1 atom stereocenters. The zero-order valence-corrected chi connectivity index (χ0v) is 10.4. The summed E-state index contributed by atoms with van der Waals surface area (Å²) in [5.74, 6) is 0.669. The first kappa shape index (κ1) is 12.4. The number of tetrazole rings is 1. The molecular weight excluding hydrogens is 237 g/mol. The Bertz CT molecular complexity index is 542. The molecule has 0 radical (unpaired) electrons. The van der Waals surface area contributed by atoms with Gasteiger partial charge < -0.3 is 10.1 Å². The molecule has 0 amide bonds. The lowest BCUT2D eigenvalue weighted by molar-refractivity contribution is 0.413. The summed E-state index contributed by atoms with van der Waals surface area (Å²) in [5, 5.41) is 14.3. The molecule has 0 saturated heterocycles. The molecule has 0 saturated carbocycles. The van der Waals surface area contributed by atoms with E-state index in [4.69, 9.17) is 4.74 Å². The second kappa shape index (κ2) is 5.09. The van der Waals surface area contributed by atoms with Gasteiger partial charge in [0.1, 0.15) is 17.3 Å². The Morgan fingerprint density at radius 2 is 2.22 bits per heavy atom. The topological polar surface area (TPSA) is 64.9 Å². The molecule has 1 N–H and O–H groups in total. The van der Waals surface area contributed by atoms with Crippen LogP contribution in [0.4, 0.5) is 4.39 Å². The van der Waals surface area contributed by atoms with Crippen LogP contribution >= 0.6 is 0 Å². The molecular formula is C11H14FN5O. The van der Waals surface area contributed by atoms with Gasteiger partial charge in [-0.3, -0.25) is 0 Å². The van der Waals surface area contributed by atoms with Gasteiger partial charge in [0.2, 0.25) is 0 Å². The average Bonchev–Trinajstić information content (AvgIpc) is 2.87. The average molecular weight is 251 g/mol. The van der Waals surface area contributed by atoms with Gasteiger partial charge in [0.25, 0.3) is 0 Å². The number of hydrogen-bond donors (Lipinski definition) is 1. The van der Waals surface area contributed by atoms with Crippen molar-refractivity contribution in [3.63, 3.8) is 0 Å². The number of halogens is 1. The molecule has 0 bridgehead atoms. The van der Waals surface area contributed by atoms with Gasteiger partial charge in [0.05, 0.1) is 13.2 Å². The number of rotatable bonds is 4. The highest BCUT2D eigenvalue weighted by Crippen LogP contribution is 2.21. The number of nitrogens with zero attached hydrogens (tertiary/aromatic N) is 4. The van der Waals surface area contributed by atoms with Crippen LogP contribution in [0.25, 0.3) is 5.69 Å². The molecule has 1 unspecified atom stereocenters. The molecule has 2 aromatic rings. The molecule has 0 aliphatic heterocycles. The molecule has 1 heterocycles. The van der Waals surface area contributed by atoms with Crippen LogP contribution in [0, 0.1) is 5.82 Å². The molecule has 0 fully saturated rings. The van der Waals surface area contributed by atoms with E-state index in [0.717, 1.165) is 0 Å². The quantitative estimate of drug-likeness (QED) is 0.881. The lowest BCUT2D eigenvalue weighted by Gasteiger charge is -2.11. The van der Waals surface area contributed by atoms with Crippen LogP contribution < -0.4 is 10.1 Å². The number of hydrogen-bond acceptors (Lipinski definition) is 5. The predicted octanol–water partition coefficient (Wildman–Crippen LogP) is 1.09. The van der Waals surface area contributed by atoms with E-state index in [2.05, 4.69) is 20.8 Å². The van der Waals surface area contributed by atoms with Crippen molar-refractivity contribution in [3.8, 4) is 11.4 Å². The van der Waals surface area contributed by atoms with Crippen LogP contribution in [-0.4, -0.2) is 34.4 Å². The molecule has 1 aromatic heterocycles. The third kappa shape index (κ3) is 2.17. The first-order valence-electron chi connectivity index (χ1n) is 5.46. The fourth-order valence-corrected chi connectivity index (χ4v) is 1.55. The van der Waals surface area contributed by atoms with Crippen molar-refractivity contribution in [2.75, 3.05) is 14.2 Å². The molecule has 0 aliphatic carbocycles. The SMILES string of the molecule is CNC(C)c1nnnn1-c1cc(OC)ccc1F. The lowest BCUT2D eigenvalue weighted by Crippen LogP contribution is -2.18. The van der Waals surface area contributed by atoms with E-state index in [1.165, 1.54) is 17.9 Å². The number of methoxy groups -OCH3 is 1. The smallest absolute Gasteiger partial charge is 0.173 e.